The van der Waals surface area contributed by atoms with Crippen molar-refractivity contribution in [2.24, 2.45) is 0 Å². The third kappa shape index (κ3) is 3.49. The lowest BCUT2D eigenvalue weighted by Crippen LogP contribution is -2.37. The Morgan fingerprint density at radius 1 is 1.22 bits per heavy atom. The van der Waals surface area contributed by atoms with E-state index in [0.29, 0.717) is 37.3 Å². The van der Waals surface area contributed by atoms with Crippen LogP contribution in [0.1, 0.15) is 51.3 Å². The normalized spacial score (nSPS) is 19.3. The molecule has 1 aliphatic heterocycles. The van der Waals surface area contributed by atoms with Gasteiger partial charge in [0.2, 0.25) is 5.91 Å². The Morgan fingerprint density at radius 3 is 2.78 bits per heavy atom. The number of carbonyl (C=O) groups excluding carboxylic acids is 3. The van der Waals surface area contributed by atoms with Crippen molar-refractivity contribution in [3.8, 4) is 0 Å². The number of Topliss-reactive ketones (excluding diaryl/α,β-unsaturated/α-hetero) is 1. The lowest BCUT2D eigenvalue weighted by Gasteiger charge is -2.17. The number of amides is 2. The molecule has 2 aliphatic rings. The van der Waals surface area contributed by atoms with Crippen molar-refractivity contribution in [2.75, 3.05) is 6.54 Å². The van der Waals surface area contributed by atoms with Gasteiger partial charge in [0.15, 0.2) is 5.78 Å². The third-order valence-corrected chi connectivity index (χ3v) is 5.03. The molecule has 4 rings (SSSR count). The molecule has 0 bridgehead atoms. The van der Waals surface area contributed by atoms with Gasteiger partial charge in [0, 0.05) is 32.4 Å². The zero-order valence-corrected chi connectivity index (χ0v) is 14.7. The highest BCUT2D eigenvalue weighted by molar-refractivity contribution is 6.09. The lowest BCUT2D eigenvalue weighted by molar-refractivity contribution is -0.128. The van der Waals surface area contributed by atoms with Crippen LogP contribution in [-0.4, -0.2) is 35.1 Å². The molecular formula is C20H19FN2O4. The minimum atomic E-state index is -0.392. The maximum Gasteiger partial charge on any atom is 0.255 e. The van der Waals surface area contributed by atoms with E-state index in [1.54, 1.807) is 17.0 Å². The number of benzene rings is 1. The predicted molar refractivity (Wildman–Crippen MR) is 93.7 cm³/mol. The summed E-state index contributed by atoms with van der Waals surface area (Å²) in [7, 11) is 0. The van der Waals surface area contributed by atoms with Gasteiger partial charge in [-0.05, 0) is 24.1 Å². The number of likely N-dealkylation sites (tertiary alicyclic amines) is 1. The van der Waals surface area contributed by atoms with Crippen molar-refractivity contribution >= 4 is 17.6 Å². The summed E-state index contributed by atoms with van der Waals surface area (Å²) in [5.74, 6) is -0.298. The van der Waals surface area contributed by atoms with Gasteiger partial charge >= 0.3 is 0 Å². The van der Waals surface area contributed by atoms with Crippen LogP contribution in [0, 0.1) is 5.82 Å². The van der Waals surface area contributed by atoms with Crippen LogP contribution in [0.25, 0.3) is 0 Å². The molecule has 1 saturated heterocycles. The first-order chi connectivity index (χ1) is 13.0. The van der Waals surface area contributed by atoms with E-state index < -0.39 is 5.91 Å². The molecule has 0 radical (unpaired) electrons. The summed E-state index contributed by atoms with van der Waals surface area (Å²) in [6.07, 6.45) is 3.33. The number of halogens is 1. The standard InChI is InChI=1S/C20H19FN2O4/c21-13-6-4-12(5-7-13)9-23-10-14(8-18(23)25)22-20(26)15-11-27-17-3-1-2-16(24)19(15)17/h4-7,11,14H,1-3,8-10H2,(H,22,26). The monoisotopic (exact) mass is 370 g/mol. The number of nitrogens with one attached hydrogen (secondary N) is 1. The van der Waals surface area contributed by atoms with Crippen LogP contribution in [0.5, 0.6) is 0 Å². The summed E-state index contributed by atoms with van der Waals surface area (Å²) in [6, 6.07) is 5.65. The minimum Gasteiger partial charge on any atom is -0.468 e. The summed E-state index contributed by atoms with van der Waals surface area (Å²) in [6.45, 7) is 0.737. The van der Waals surface area contributed by atoms with Crippen molar-refractivity contribution < 1.29 is 23.2 Å². The zero-order chi connectivity index (χ0) is 19.0. The Bertz CT molecular complexity index is 903. The summed E-state index contributed by atoms with van der Waals surface area (Å²) < 4.78 is 18.4. The molecule has 1 aliphatic carbocycles. The molecule has 2 heterocycles. The van der Waals surface area contributed by atoms with E-state index in [1.165, 1.54) is 18.4 Å². The maximum atomic E-state index is 13.0. The third-order valence-electron chi connectivity index (χ3n) is 5.03. The Kier molecular flexibility index (Phi) is 4.51. The van der Waals surface area contributed by atoms with Gasteiger partial charge in [0.25, 0.3) is 5.91 Å². The van der Waals surface area contributed by atoms with Gasteiger partial charge in [0.1, 0.15) is 17.8 Å². The molecule has 1 unspecified atom stereocenters. The van der Waals surface area contributed by atoms with Crippen LogP contribution in [-0.2, 0) is 17.8 Å². The van der Waals surface area contributed by atoms with E-state index in [-0.39, 0.29) is 35.5 Å². The van der Waals surface area contributed by atoms with Gasteiger partial charge in [-0.25, -0.2) is 4.39 Å². The first-order valence-corrected chi connectivity index (χ1v) is 8.98. The van der Waals surface area contributed by atoms with E-state index in [2.05, 4.69) is 5.32 Å². The number of rotatable bonds is 4. The van der Waals surface area contributed by atoms with Crippen LogP contribution < -0.4 is 5.32 Å². The zero-order valence-electron chi connectivity index (χ0n) is 14.7. The number of carbonyl (C=O) groups is 3. The van der Waals surface area contributed by atoms with Crippen molar-refractivity contribution in [3.05, 3.63) is 58.8 Å². The number of ketones is 1. The maximum absolute atomic E-state index is 13.0. The molecule has 140 valence electrons. The van der Waals surface area contributed by atoms with Crippen LogP contribution in [0.3, 0.4) is 0 Å². The van der Waals surface area contributed by atoms with Crippen molar-refractivity contribution in [1.82, 2.24) is 10.2 Å². The highest BCUT2D eigenvalue weighted by Gasteiger charge is 2.33. The molecule has 7 heteroatoms. The fourth-order valence-electron chi connectivity index (χ4n) is 3.68. The first-order valence-electron chi connectivity index (χ1n) is 8.98. The molecule has 1 fully saturated rings. The van der Waals surface area contributed by atoms with Gasteiger partial charge in [0.05, 0.1) is 17.2 Å². The summed E-state index contributed by atoms with van der Waals surface area (Å²) >= 11 is 0. The topological polar surface area (TPSA) is 79.6 Å². The molecule has 1 atom stereocenters. The molecule has 27 heavy (non-hydrogen) atoms. The number of hydrogen-bond acceptors (Lipinski definition) is 4. The average molecular weight is 370 g/mol. The van der Waals surface area contributed by atoms with Crippen LogP contribution in [0.4, 0.5) is 4.39 Å². The van der Waals surface area contributed by atoms with Gasteiger partial charge in [-0.15, -0.1) is 0 Å². The number of fused-ring (bicyclic) bond motifs is 1. The first kappa shape index (κ1) is 17.5. The van der Waals surface area contributed by atoms with E-state index >= 15 is 0 Å². The number of nitrogens with zero attached hydrogens (tertiary/aromatic N) is 1. The molecule has 1 aromatic carbocycles. The minimum absolute atomic E-state index is 0.0735. The largest absolute Gasteiger partial charge is 0.468 e. The Balaban J connectivity index is 1.41. The lowest BCUT2D eigenvalue weighted by atomic mass is 9.94. The second-order valence-electron chi connectivity index (χ2n) is 7.00. The van der Waals surface area contributed by atoms with Gasteiger partial charge in [-0.3, -0.25) is 14.4 Å². The fourth-order valence-corrected chi connectivity index (χ4v) is 3.68. The fraction of sp³-hybridized carbons (Fsp3) is 0.350. The smallest absolute Gasteiger partial charge is 0.255 e. The summed E-state index contributed by atoms with van der Waals surface area (Å²) in [5.41, 5.74) is 1.46. The van der Waals surface area contributed by atoms with E-state index in [0.717, 1.165) is 12.0 Å². The van der Waals surface area contributed by atoms with Crippen molar-refractivity contribution in [1.29, 1.82) is 0 Å². The van der Waals surface area contributed by atoms with Crippen molar-refractivity contribution in [2.45, 2.75) is 38.3 Å². The summed E-state index contributed by atoms with van der Waals surface area (Å²) in [4.78, 5) is 38.6. The number of hydrogen-bond donors (Lipinski definition) is 1. The second kappa shape index (κ2) is 6.98. The van der Waals surface area contributed by atoms with Crippen LogP contribution >= 0.6 is 0 Å². The molecule has 0 saturated carbocycles. The molecule has 2 amide bonds. The van der Waals surface area contributed by atoms with E-state index in [4.69, 9.17) is 4.42 Å². The van der Waals surface area contributed by atoms with E-state index in [1.807, 2.05) is 0 Å². The SMILES string of the molecule is O=C(NC1CC(=O)N(Cc2ccc(F)cc2)C1)c1coc2c1C(=O)CCC2. The Morgan fingerprint density at radius 2 is 2.00 bits per heavy atom. The Hall–Kier alpha value is -2.96. The second-order valence-corrected chi connectivity index (χ2v) is 7.00. The quantitative estimate of drug-likeness (QED) is 0.897. The molecule has 0 spiro atoms. The van der Waals surface area contributed by atoms with Crippen LogP contribution in [0.15, 0.2) is 34.9 Å². The Labute approximate surface area is 155 Å². The predicted octanol–water partition coefficient (Wildman–Crippen LogP) is 2.47. The molecule has 1 N–H and O–H groups in total. The highest BCUT2D eigenvalue weighted by Crippen LogP contribution is 2.26. The summed E-state index contributed by atoms with van der Waals surface area (Å²) in [5, 5.41) is 2.83. The molecular weight excluding hydrogens is 351 g/mol. The molecule has 6 nitrogen and oxygen atoms in total. The van der Waals surface area contributed by atoms with Gasteiger partial charge in [-0.1, -0.05) is 12.1 Å². The molecule has 1 aromatic heterocycles. The van der Waals surface area contributed by atoms with Crippen molar-refractivity contribution in [3.63, 3.8) is 0 Å². The van der Waals surface area contributed by atoms with Gasteiger partial charge < -0.3 is 14.6 Å². The molecule has 2 aromatic rings. The highest BCUT2D eigenvalue weighted by atomic mass is 19.1. The van der Waals surface area contributed by atoms with E-state index in [9.17, 15) is 18.8 Å². The van der Waals surface area contributed by atoms with Crippen LogP contribution in [0.2, 0.25) is 0 Å². The average Bonchev–Trinajstić information content (AvgIpc) is 3.22. The number of aryl methyl sites for hydroxylation is 1. The number of furan rings is 1. The van der Waals surface area contributed by atoms with Gasteiger partial charge in [-0.2, -0.15) is 0 Å².